The summed E-state index contributed by atoms with van der Waals surface area (Å²) in [6, 6.07) is 0.163. The van der Waals surface area contributed by atoms with Crippen LogP contribution < -0.4 is 0 Å². The molecule has 5 saturated carbocycles. The third-order valence-corrected chi connectivity index (χ3v) is 11.2. The largest absolute Gasteiger partial charge is 0.462 e. The zero-order valence-electron chi connectivity index (χ0n) is 19.8. The highest BCUT2D eigenvalue weighted by Gasteiger charge is 2.83. The van der Waals surface area contributed by atoms with Crippen LogP contribution in [-0.2, 0) is 19.0 Å². The molecule has 0 aromatic carbocycles. The van der Waals surface area contributed by atoms with Crippen LogP contribution in [0.1, 0.15) is 46.0 Å². The Morgan fingerprint density at radius 2 is 2.00 bits per heavy atom. The SMILES string of the molecule is CCN1C[C@@]2(COC)CC[C@@H](O)[C@@]34C1[C@@H](C[C@@H]23)[C@]1(O)C[C@H](OC)[C@@H]2C[C@H]4[C@H]1[C@@H]2OC(C)=O. The summed E-state index contributed by atoms with van der Waals surface area (Å²) in [5, 5.41) is 24.4. The molecule has 7 bridgehead atoms. The van der Waals surface area contributed by atoms with Crippen molar-refractivity contribution in [2.24, 2.45) is 40.4 Å². The standard InChI is InChI=1S/C25H39NO6/c1-5-26-11-23(12-30-3)7-6-19(28)25-15-8-14-17(31-4)10-24(29,16(22(25)26)9-18(23)25)20(15)21(14)32-13(2)27/h14-22,28-29H,5-12H2,1-4H3/t14-,15-,16+,17-,18-,19+,20-,21+,22?,23+,24+,25-/m0/s1. The van der Waals surface area contributed by atoms with Crippen molar-refractivity contribution in [3.05, 3.63) is 0 Å². The smallest absolute Gasteiger partial charge is 0.302 e. The van der Waals surface area contributed by atoms with E-state index in [1.54, 1.807) is 14.2 Å². The minimum atomic E-state index is -0.942. The lowest BCUT2D eigenvalue weighted by atomic mass is 9.43. The first-order valence-corrected chi connectivity index (χ1v) is 12.6. The molecule has 6 rings (SSSR count). The van der Waals surface area contributed by atoms with Gasteiger partial charge in [-0.15, -0.1) is 0 Å². The number of esters is 1. The third-order valence-electron chi connectivity index (χ3n) is 11.2. The maximum atomic E-state index is 12.5. The Kier molecular flexibility index (Phi) is 4.70. The number of methoxy groups -OCH3 is 2. The van der Waals surface area contributed by atoms with Gasteiger partial charge in [-0.2, -0.15) is 0 Å². The number of hydrogen-bond donors (Lipinski definition) is 2. The minimum Gasteiger partial charge on any atom is -0.462 e. The lowest BCUT2D eigenvalue weighted by molar-refractivity contribution is -0.274. The second-order valence-electron chi connectivity index (χ2n) is 11.8. The number of carbonyl (C=O) groups is 1. The van der Waals surface area contributed by atoms with Crippen LogP contribution in [0, 0.1) is 40.4 Å². The number of carbonyl (C=O) groups excluding carboxylic acids is 1. The van der Waals surface area contributed by atoms with Crippen LogP contribution in [0.3, 0.4) is 0 Å². The van der Waals surface area contributed by atoms with E-state index in [-0.39, 0.29) is 58.7 Å². The van der Waals surface area contributed by atoms with E-state index in [9.17, 15) is 15.0 Å². The summed E-state index contributed by atoms with van der Waals surface area (Å²) in [6.07, 6.45) is 3.27. The first kappa shape index (κ1) is 21.8. The second kappa shape index (κ2) is 6.91. The van der Waals surface area contributed by atoms with E-state index in [0.717, 1.165) is 38.8 Å². The Morgan fingerprint density at radius 3 is 2.66 bits per heavy atom. The number of rotatable bonds is 5. The van der Waals surface area contributed by atoms with Gasteiger partial charge in [0.1, 0.15) is 6.10 Å². The number of aliphatic hydroxyl groups is 2. The number of aliphatic hydroxyl groups excluding tert-OH is 1. The summed E-state index contributed by atoms with van der Waals surface area (Å²) in [5.41, 5.74) is -1.20. The van der Waals surface area contributed by atoms with E-state index >= 15 is 0 Å². The van der Waals surface area contributed by atoms with Crippen molar-refractivity contribution in [2.45, 2.75) is 75.9 Å². The molecule has 32 heavy (non-hydrogen) atoms. The summed E-state index contributed by atoms with van der Waals surface area (Å²) < 4.78 is 17.7. The number of piperidine rings is 1. The molecule has 1 spiro atoms. The predicted octanol–water partition coefficient (Wildman–Crippen LogP) is 1.45. The molecule has 12 atom stereocenters. The average Bonchev–Trinajstić information content (AvgIpc) is 3.20. The van der Waals surface area contributed by atoms with Crippen molar-refractivity contribution in [1.82, 2.24) is 4.90 Å². The molecule has 7 nitrogen and oxygen atoms in total. The molecule has 2 N–H and O–H groups in total. The molecular formula is C25H39NO6. The number of ether oxygens (including phenoxy) is 3. The van der Waals surface area contributed by atoms with E-state index in [2.05, 4.69) is 11.8 Å². The molecule has 1 saturated heterocycles. The van der Waals surface area contributed by atoms with Crippen molar-refractivity contribution >= 4 is 5.97 Å². The number of hydrogen-bond acceptors (Lipinski definition) is 7. The van der Waals surface area contributed by atoms with Gasteiger partial charge in [-0.05, 0) is 44.1 Å². The molecule has 180 valence electrons. The van der Waals surface area contributed by atoms with Crippen LogP contribution in [0.5, 0.6) is 0 Å². The van der Waals surface area contributed by atoms with Gasteiger partial charge in [0.05, 0.1) is 24.4 Å². The highest BCUT2D eigenvalue weighted by molar-refractivity contribution is 5.66. The number of nitrogens with zero attached hydrogens (tertiary/aromatic N) is 1. The fourth-order valence-electron chi connectivity index (χ4n) is 10.7. The molecule has 0 aromatic rings. The lowest BCUT2D eigenvalue weighted by Crippen LogP contribution is -2.76. The van der Waals surface area contributed by atoms with Gasteiger partial charge in [-0.25, -0.2) is 0 Å². The highest BCUT2D eigenvalue weighted by atomic mass is 16.5. The Labute approximate surface area is 190 Å². The van der Waals surface area contributed by atoms with Crippen LogP contribution in [0.4, 0.5) is 0 Å². The summed E-state index contributed by atoms with van der Waals surface area (Å²) >= 11 is 0. The van der Waals surface area contributed by atoms with Gasteiger partial charge in [0.25, 0.3) is 0 Å². The van der Waals surface area contributed by atoms with E-state index in [0.29, 0.717) is 18.9 Å². The zero-order chi connectivity index (χ0) is 22.6. The normalized spacial score (nSPS) is 57.5. The number of fused-ring (bicyclic) bond motifs is 2. The maximum Gasteiger partial charge on any atom is 0.302 e. The van der Waals surface area contributed by atoms with Crippen LogP contribution >= 0.6 is 0 Å². The Balaban J connectivity index is 1.56. The maximum absolute atomic E-state index is 12.5. The van der Waals surface area contributed by atoms with Gasteiger partial charge < -0.3 is 24.4 Å². The van der Waals surface area contributed by atoms with E-state index in [1.807, 2.05) is 0 Å². The quantitative estimate of drug-likeness (QED) is 0.614. The van der Waals surface area contributed by atoms with Crippen molar-refractivity contribution in [2.75, 3.05) is 33.9 Å². The van der Waals surface area contributed by atoms with Gasteiger partial charge in [-0.3, -0.25) is 9.69 Å². The molecule has 1 aliphatic heterocycles. The van der Waals surface area contributed by atoms with Gasteiger partial charge in [0.2, 0.25) is 0 Å². The summed E-state index contributed by atoms with van der Waals surface area (Å²) in [5.74, 6) is 0.164. The molecule has 0 amide bonds. The van der Waals surface area contributed by atoms with Crippen LogP contribution in [0.15, 0.2) is 0 Å². The van der Waals surface area contributed by atoms with Gasteiger partial charge >= 0.3 is 5.97 Å². The van der Waals surface area contributed by atoms with E-state index in [4.69, 9.17) is 14.2 Å². The van der Waals surface area contributed by atoms with E-state index < -0.39 is 11.7 Å². The predicted molar refractivity (Wildman–Crippen MR) is 116 cm³/mol. The Morgan fingerprint density at radius 1 is 1.22 bits per heavy atom. The average molecular weight is 450 g/mol. The zero-order valence-corrected chi connectivity index (χ0v) is 19.8. The number of likely N-dealkylation sites (tertiary alicyclic amines) is 1. The fourth-order valence-corrected chi connectivity index (χ4v) is 10.7. The van der Waals surface area contributed by atoms with Crippen LogP contribution in [-0.4, -0.2) is 85.0 Å². The fraction of sp³-hybridized carbons (Fsp3) is 0.960. The Bertz CT molecular complexity index is 807. The minimum absolute atomic E-state index is 0.0138. The molecule has 0 aromatic heterocycles. The first-order valence-electron chi connectivity index (χ1n) is 12.6. The molecular weight excluding hydrogens is 410 g/mol. The molecule has 6 fully saturated rings. The van der Waals surface area contributed by atoms with Crippen molar-refractivity contribution in [3.8, 4) is 0 Å². The molecule has 6 aliphatic rings. The third kappa shape index (κ3) is 2.28. The molecule has 5 aliphatic carbocycles. The van der Waals surface area contributed by atoms with Crippen molar-refractivity contribution in [3.63, 3.8) is 0 Å². The molecule has 0 radical (unpaired) electrons. The van der Waals surface area contributed by atoms with Crippen LogP contribution in [0.2, 0.25) is 0 Å². The van der Waals surface area contributed by atoms with Crippen molar-refractivity contribution in [1.29, 1.82) is 0 Å². The monoisotopic (exact) mass is 449 g/mol. The Hall–Kier alpha value is -0.730. The summed E-state index contributed by atoms with van der Waals surface area (Å²) in [7, 11) is 3.51. The van der Waals surface area contributed by atoms with Crippen molar-refractivity contribution < 1.29 is 29.2 Å². The summed E-state index contributed by atoms with van der Waals surface area (Å²) in [6.45, 7) is 6.27. The van der Waals surface area contributed by atoms with Gasteiger partial charge in [0.15, 0.2) is 0 Å². The van der Waals surface area contributed by atoms with E-state index in [1.165, 1.54) is 6.92 Å². The van der Waals surface area contributed by atoms with Gasteiger partial charge in [0, 0.05) is 68.7 Å². The molecule has 7 heteroatoms. The molecule has 1 unspecified atom stereocenters. The van der Waals surface area contributed by atoms with Gasteiger partial charge in [-0.1, -0.05) is 6.92 Å². The highest BCUT2D eigenvalue weighted by Crippen LogP contribution is 2.79. The first-order chi connectivity index (χ1) is 15.3. The topological polar surface area (TPSA) is 88.5 Å². The van der Waals surface area contributed by atoms with Crippen LogP contribution in [0.25, 0.3) is 0 Å². The summed E-state index contributed by atoms with van der Waals surface area (Å²) in [4.78, 5) is 14.7. The second-order valence-corrected chi connectivity index (χ2v) is 11.8. The lowest BCUT2D eigenvalue weighted by Gasteiger charge is -2.69. The molecule has 1 heterocycles.